The van der Waals surface area contributed by atoms with Crippen molar-refractivity contribution in [1.82, 2.24) is 0 Å². The van der Waals surface area contributed by atoms with Crippen LogP contribution in [0.5, 0.6) is 0 Å². The van der Waals surface area contributed by atoms with Gasteiger partial charge in [-0.3, -0.25) is 4.79 Å². The molecule has 0 aliphatic carbocycles. The Kier molecular flexibility index (Phi) is 6.86. The van der Waals surface area contributed by atoms with Crippen LogP contribution in [-0.4, -0.2) is 11.8 Å². The number of ketones is 1. The van der Waals surface area contributed by atoms with E-state index in [4.69, 9.17) is 0 Å². The molecule has 2 N–H and O–H groups in total. The molecule has 0 saturated carbocycles. The number of Topliss-reactive ketones (excluding diaryl/α,β-unsaturated/α-hetero) is 1. The standard InChI is InChI=1S/C25H24F3N3O2/c1-24(2,3)18-11-13-31(14-12-18)16-22(32)17-7-9-20(10-8-17)29-23(33)30-21-6-4-5-19(15-21)25(26,27)28/h4-15H,16H2,1-3H3,(H-,29,30,32,33)/p+1. The number of rotatable bonds is 5. The molecule has 2 aromatic carbocycles. The molecular formula is C25H25F3N3O2+. The molecule has 0 aliphatic heterocycles. The number of urea groups is 1. The van der Waals surface area contributed by atoms with Gasteiger partial charge in [0, 0.05) is 29.1 Å². The van der Waals surface area contributed by atoms with Crippen molar-refractivity contribution in [3.8, 4) is 0 Å². The van der Waals surface area contributed by atoms with Crippen LogP contribution in [0.3, 0.4) is 0 Å². The third-order valence-corrected chi connectivity index (χ3v) is 5.00. The molecule has 0 saturated heterocycles. The molecular weight excluding hydrogens is 431 g/mol. The lowest BCUT2D eigenvalue weighted by molar-refractivity contribution is -0.683. The van der Waals surface area contributed by atoms with Crippen molar-refractivity contribution >= 4 is 23.2 Å². The second kappa shape index (κ2) is 9.44. The Morgan fingerprint density at radius 3 is 2.00 bits per heavy atom. The van der Waals surface area contributed by atoms with Crippen LogP contribution in [-0.2, 0) is 18.1 Å². The number of carbonyl (C=O) groups is 2. The van der Waals surface area contributed by atoms with E-state index < -0.39 is 17.8 Å². The number of nitrogens with one attached hydrogen (secondary N) is 2. The third-order valence-electron chi connectivity index (χ3n) is 5.00. The highest BCUT2D eigenvalue weighted by Gasteiger charge is 2.30. The van der Waals surface area contributed by atoms with Gasteiger partial charge in [0.2, 0.25) is 12.3 Å². The maximum Gasteiger partial charge on any atom is 0.416 e. The van der Waals surface area contributed by atoms with E-state index in [9.17, 15) is 22.8 Å². The Hall–Kier alpha value is -3.68. The number of aromatic nitrogens is 1. The number of halogens is 3. The summed E-state index contributed by atoms with van der Waals surface area (Å²) >= 11 is 0. The van der Waals surface area contributed by atoms with Crippen LogP contribution in [0, 0.1) is 0 Å². The zero-order valence-electron chi connectivity index (χ0n) is 18.5. The van der Waals surface area contributed by atoms with Crippen molar-refractivity contribution in [3.05, 3.63) is 89.7 Å². The van der Waals surface area contributed by atoms with Crippen molar-refractivity contribution in [2.75, 3.05) is 10.6 Å². The van der Waals surface area contributed by atoms with Gasteiger partial charge >= 0.3 is 12.2 Å². The molecule has 1 heterocycles. The summed E-state index contributed by atoms with van der Waals surface area (Å²) < 4.78 is 40.2. The predicted octanol–water partition coefficient (Wildman–Crippen LogP) is 5.82. The fourth-order valence-electron chi connectivity index (χ4n) is 3.13. The van der Waals surface area contributed by atoms with Crippen molar-refractivity contribution in [2.45, 2.75) is 38.9 Å². The van der Waals surface area contributed by atoms with Gasteiger partial charge in [-0.2, -0.15) is 17.7 Å². The van der Waals surface area contributed by atoms with Crippen LogP contribution in [0.1, 0.15) is 42.3 Å². The molecule has 0 bridgehead atoms. The lowest BCUT2D eigenvalue weighted by atomic mass is 9.88. The minimum Gasteiger partial charge on any atom is -0.308 e. The number of hydrogen-bond acceptors (Lipinski definition) is 2. The molecule has 1 aromatic heterocycles. The van der Waals surface area contributed by atoms with E-state index in [1.54, 1.807) is 28.8 Å². The SMILES string of the molecule is CC(C)(C)c1cc[n+](CC(=O)c2ccc(NC(=O)Nc3cccc(C(F)(F)F)c3)cc2)cc1. The lowest BCUT2D eigenvalue weighted by Crippen LogP contribution is -2.37. The van der Waals surface area contributed by atoms with E-state index in [1.807, 2.05) is 24.5 Å². The summed E-state index contributed by atoms with van der Waals surface area (Å²) in [7, 11) is 0. The summed E-state index contributed by atoms with van der Waals surface area (Å²) in [5.41, 5.74) is 1.24. The lowest BCUT2D eigenvalue weighted by Gasteiger charge is -2.17. The van der Waals surface area contributed by atoms with Gasteiger partial charge < -0.3 is 10.6 Å². The second-order valence-electron chi connectivity index (χ2n) is 8.67. The highest BCUT2D eigenvalue weighted by atomic mass is 19.4. The van der Waals surface area contributed by atoms with Gasteiger partial charge in [-0.25, -0.2) is 4.79 Å². The molecule has 3 rings (SSSR count). The van der Waals surface area contributed by atoms with Crippen LogP contribution in [0.4, 0.5) is 29.3 Å². The maximum absolute atomic E-state index is 12.8. The number of pyridine rings is 1. The Labute approximate surface area is 190 Å². The maximum atomic E-state index is 12.8. The third kappa shape index (κ3) is 6.65. The average molecular weight is 456 g/mol. The quantitative estimate of drug-likeness (QED) is 0.376. The zero-order chi connectivity index (χ0) is 24.2. The molecule has 0 atom stereocenters. The number of carbonyl (C=O) groups excluding carboxylic acids is 2. The fourth-order valence-corrected chi connectivity index (χ4v) is 3.13. The first-order chi connectivity index (χ1) is 15.4. The Morgan fingerprint density at radius 2 is 1.42 bits per heavy atom. The molecule has 33 heavy (non-hydrogen) atoms. The average Bonchev–Trinajstić information content (AvgIpc) is 2.73. The van der Waals surface area contributed by atoms with Gasteiger partial charge in [0.05, 0.1) is 5.56 Å². The van der Waals surface area contributed by atoms with Crippen LogP contribution in [0.2, 0.25) is 0 Å². The van der Waals surface area contributed by atoms with Gasteiger partial charge in [0.15, 0.2) is 12.4 Å². The summed E-state index contributed by atoms with van der Waals surface area (Å²) in [5, 5.41) is 4.90. The first-order valence-electron chi connectivity index (χ1n) is 10.3. The summed E-state index contributed by atoms with van der Waals surface area (Å²) in [5.74, 6) is -0.0940. The minimum absolute atomic E-state index is 0.0172. The molecule has 0 fully saturated rings. The monoisotopic (exact) mass is 456 g/mol. The summed E-state index contributed by atoms with van der Waals surface area (Å²) in [4.78, 5) is 24.7. The number of amides is 2. The normalized spacial score (nSPS) is 11.7. The van der Waals surface area contributed by atoms with Crippen LogP contribution < -0.4 is 15.2 Å². The first kappa shape index (κ1) is 24.0. The minimum atomic E-state index is -4.50. The number of nitrogens with zero attached hydrogens (tertiary/aromatic N) is 1. The van der Waals surface area contributed by atoms with Gasteiger partial charge in [0.25, 0.3) is 0 Å². The molecule has 3 aromatic rings. The summed E-state index contributed by atoms with van der Waals surface area (Å²) in [6.45, 7) is 6.53. The molecule has 172 valence electrons. The van der Waals surface area contributed by atoms with Gasteiger partial charge in [0.1, 0.15) is 0 Å². The molecule has 0 unspecified atom stereocenters. The van der Waals surface area contributed by atoms with E-state index in [0.717, 1.165) is 12.1 Å². The Morgan fingerprint density at radius 1 is 0.818 bits per heavy atom. The van der Waals surface area contributed by atoms with E-state index in [0.29, 0.717) is 11.3 Å². The predicted molar refractivity (Wildman–Crippen MR) is 120 cm³/mol. The molecule has 5 nitrogen and oxygen atoms in total. The van der Waals surface area contributed by atoms with E-state index in [1.165, 1.54) is 17.7 Å². The van der Waals surface area contributed by atoms with Crippen LogP contribution in [0.25, 0.3) is 0 Å². The molecule has 0 radical (unpaired) electrons. The van der Waals surface area contributed by atoms with Crippen molar-refractivity contribution in [3.63, 3.8) is 0 Å². The number of hydrogen-bond donors (Lipinski definition) is 2. The highest BCUT2D eigenvalue weighted by Crippen LogP contribution is 2.30. The smallest absolute Gasteiger partial charge is 0.308 e. The summed E-state index contributed by atoms with van der Waals surface area (Å²) in [6, 6.07) is 13.9. The van der Waals surface area contributed by atoms with Crippen LogP contribution in [0.15, 0.2) is 73.1 Å². The zero-order valence-corrected chi connectivity index (χ0v) is 18.5. The summed E-state index contributed by atoms with van der Waals surface area (Å²) in [6.07, 6.45) is -0.761. The Bertz CT molecular complexity index is 1130. The molecule has 2 amide bonds. The topological polar surface area (TPSA) is 62.1 Å². The molecule has 8 heteroatoms. The van der Waals surface area contributed by atoms with Gasteiger partial charge in [-0.05, 0) is 53.4 Å². The van der Waals surface area contributed by atoms with Crippen molar-refractivity contribution in [1.29, 1.82) is 0 Å². The Balaban J connectivity index is 1.58. The van der Waals surface area contributed by atoms with Gasteiger partial charge in [-0.1, -0.05) is 26.8 Å². The second-order valence-corrected chi connectivity index (χ2v) is 8.67. The van der Waals surface area contributed by atoms with E-state index >= 15 is 0 Å². The van der Waals surface area contributed by atoms with Crippen molar-refractivity contribution in [2.24, 2.45) is 0 Å². The molecule has 0 spiro atoms. The highest BCUT2D eigenvalue weighted by molar-refractivity contribution is 6.00. The first-order valence-corrected chi connectivity index (χ1v) is 10.3. The fraction of sp³-hybridized carbons (Fsp3) is 0.240. The number of alkyl halides is 3. The molecule has 0 aliphatic rings. The largest absolute Gasteiger partial charge is 0.416 e. The number of anilines is 2. The van der Waals surface area contributed by atoms with Crippen molar-refractivity contribution < 1.29 is 27.3 Å². The van der Waals surface area contributed by atoms with Crippen LogP contribution >= 0.6 is 0 Å². The van der Waals surface area contributed by atoms with E-state index in [2.05, 4.69) is 31.4 Å². The van der Waals surface area contributed by atoms with Gasteiger partial charge in [-0.15, -0.1) is 0 Å². The van der Waals surface area contributed by atoms with E-state index in [-0.39, 0.29) is 23.4 Å². The number of benzene rings is 2.